The molecule has 0 fully saturated rings. The van der Waals surface area contributed by atoms with Gasteiger partial charge in [-0.2, -0.15) is 0 Å². The average molecular weight is 247 g/mol. The fraction of sp³-hybridized carbons (Fsp3) is 0.167. The molecule has 1 heterocycles. The molecule has 8 heteroatoms. The summed E-state index contributed by atoms with van der Waals surface area (Å²) in [6, 6.07) is -1.93. The molecule has 0 unspecified atom stereocenters. The Kier molecular flexibility index (Phi) is 1.05. The Labute approximate surface area is 87.5 Å². The summed E-state index contributed by atoms with van der Waals surface area (Å²) in [4.78, 5) is 0. The molecule has 0 saturated heterocycles. The van der Waals surface area contributed by atoms with Crippen molar-refractivity contribution in [3.8, 4) is 0 Å². The smallest absolute Gasteiger partial charge is 0.168 e. The van der Waals surface area contributed by atoms with Crippen LogP contribution in [0.5, 0.6) is 0 Å². The molecule has 0 aromatic carbocycles. The molecule has 1 rings (SSSR count). The van der Waals surface area contributed by atoms with Crippen LogP contribution in [0.4, 0.5) is 25.2 Å². The first-order valence-electron chi connectivity index (χ1n) is 6.69. The van der Waals surface area contributed by atoms with Crippen LogP contribution >= 0.6 is 7.81 Å². The third kappa shape index (κ3) is 22.5. The second kappa shape index (κ2) is 3.08. The summed E-state index contributed by atoms with van der Waals surface area (Å²) in [6.07, 6.45) is -1.50. The predicted octanol–water partition coefficient (Wildman–Crippen LogP) is 3.89. The largest absolute Gasteiger partial charge is 0.208 e. The van der Waals surface area contributed by atoms with Gasteiger partial charge in [-0.3, -0.25) is 0 Å². The third-order valence-electron chi connectivity index (χ3n) is 0.460. The van der Waals surface area contributed by atoms with Crippen LogP contribution in [0.2, 0.25) is 0 Å². The monoisotopic (exact) mass is 247 g/mol. The van der Waals surface area contributed by atoms with Crippen LogP contribution in [0.1, 0.15) is 11.0 Å². The molecular weight excluding hydrogens is 231 g/mol. The Morgan fingerprint density at radius 2 is 1.36 bits per heavy atom. The first-order valence-corrected chi connectivity index (χ1v) is 4.71. The molecule has 84 valence electrons. The van der Waals surface area contributed by atoms with E-state index in [0.29, 0.717) is 0 Å². The number of aromatic nitrogens is 1. The van der Waals surface area contributed by atoms with E-state index in [0.717, 1.165) is 0 Å². The topological polar surface area (TPSA) is 3.88 Å². The number of pyridine rings is 1. The van der Waals surface area contributed by atoms with Crippen LogP contribution in [-0.4, -0.2) is 0 Å². The van der Waals surface area contributed by atoms with Crippen molar-refractivity contribution in [1.29, 1.82) is 0 Å². The molecular formula is C6H8F6NP. The van der Waals surface area contributed by atoms with Gasteiger partial charge in [0.05, 0.1) is 4.11 Å². The van der Waals surface area contributed by atoms with Crippen molar-refractivity contribution in [2.45, 2.75) is 0 Å². The molecule has 0 bridgehead atoms. The van der Waals surface area contributed by atoms with E-state index >= 15 is 0 Å². The zero-order chi connectivity index (χ0) is 18.4. The van der Waals surface area contributed by atoms with Crippen LogP contribution in [-0.2, 0) is 6.98 Å². The van der Waals surface area contributed by atoms with Crippen molar-refractivity contribution in [1.82, 2.24) is 0 Å². The van der Waals surface area contributed by atoms with Gasteiger partial charge >= 0.3 is 33.0 Å². The summed E-state index contributed by atoms with van der Waals surface area (Å²) in [6.45, 7) is -2.78. The van der Waals surface area contributed by atoms with E-state index in [1.165, 1.54) is 0 Å². The Morgan fingerprint density at radius 3 is 1.64 bits per heavy atom. The average Bonchev–Trinajstić information content (AvgIpc) is 2.17. The van der Waals surface area contributed by atoms with Gasteiger partial charge in [0.2, 0.25) is 0 Å². The van der Waals surface area contributed by atoms with Gasteiger partial charge in [-0.05, 0) is 0 Å². The van der Waals surface area contributed by atoms with Gasteiger partial charge in [0, 0.05) is 12.1 Å². The summed E-state index contributed by atoms with van der Waals surface area (Å²) < 4.78 is 117. The van der Waals surface area contributed by atoms with Gasteiger partial charge in [0.15, 0.2) is 12.3 Å². The molecule has 0 amide bonds. The molecule has 0 radical (unpaired) electrons. The molecule has 0 atom stereocenters. The normalized spacial score (nSPS) is 25.0. The number of hydrogen-bond acceptors (Lipinski definition) is 0. The molecule has 0 aliphatic carbocycles. The predicted molar refractivity (Wildman–Crippen MR) is 41.2 cm³/mol. The quantitative estimate of drug-likeness (QED) is 0.372. The molecule has 0 spiro atoms. The van der Waals surface area contributed by atoms with E-state index in [-0.39, 0.29) is 4.57 Å². The van der Waals surface area contributed by atoms with Gasteiger partial charge < -0.3 is 0 Å². The molecule has 1 aromatic heterocycles. The van der Waals surface area contributed by atoms with Crippen molar-refractivity contribution in [3.63, 3.8) is 0 Å². The Hall–Kier alpha value is -0.840. The van der Waals surface area contributed by atoms with Crippen LogP contribution in [0.15, 0.2) is 30.5 Å². The van der Waals surface area contributed by atoms with E-state index in [9.17, 15) is 25.2 Å². The minimum absolute atomic E-state index is 0.287. The fourth-order valence-electron chi connectivity index (χ4n) is 0.227. The van der Waals surface area contributed by atoms with Gasteiger partial charge in [0.1, 0.15) is 13.8 Å². The zero-order valence-electron chi connectivity index (χ0n) is 14.2. The van der Waals surface area contributed by atoms with Crippen molar-refractivity contribution < 1.29 is 40.7 Å². The van der Waals surface area contributed by atoms with Crippen LogP contribution < -0.4 is 4.57 Å². The Morgan fingerprint density at radius 1 is 1.00 bits per heavy atom. The molecule has 0 aliphatic heterocycles. The van der Waals surface area contributed by atoms with E-state index in [1.807, 2.05) is 0 Å². The maximum atomic E-state index is 9.87. The van der Waals surface area contributed by atoms with Gasteiger partial charge in [0.25, 0.3) is 0 Å². The summed E-state index contributed by atoms with van der Waals surface area (Å²) >= 11 is 0. The first kappa shape index (κ1) is 4.79. The van der Waals surface area contributed by atoms with Crippen molar-refractivity contribution in [3.05, 3.63) is 30.5 Å². The number of rotatable bonds is 0. The molecule has 0 saturated carbocycles. The van der Waals surface area contributed by atoms with Crippen LogP contribution in [0.25, 0.3) is 0 Å². The maximum Gasteiger partial charge on any atom is 0.168 e. The van der Waals surface area contributed by atoms with Gasteiger partial charge in [-0.15, -0.1) is 0 Å². The number of hydrogen-bond donors (Lipinski definition) is 0. The Balaban J connectivity index is 0.000000534. The summed E-state index contributed by atoms with van der Waals surface area (Å²) in [5.41, 5.74) is 0. The second-order valence-corrected chi connectivity index (χ2v) is 3.81. The van der Waals surface area contributed by atoms with Crippen molar-refractivity contribution in [2.24, 2.45) is 6.98 Å². The van der Waals surface area contributed by atoms with E-state index in [4.69, 9.17) is 11.0 Å². The first-order chi connectivity index (χ1) is 9.12. The summed E-state index contributed by atoms with van der Waals surface area (Å²) in [5, 5.41) is 0. The number of halogens is 6. The third-order valence-corrected chi connectivity index (χ3v) is 0.460. The van der Waals surface area contributed by atoms with Crippen LogP contribution in [0.3, 0.4) is 0 Å². The molecule has 1 aromatic rings. The zero-order valence-corrected chi connectivity index (χ0v) is 7.06. The standard InChI is InChI=1S/C6H8N.F6P/c1-7-5-3-2-4-6-7;1-7(2,3,4,5)6/h2-6H,1H3;/q+1;-1/i1D3,2D,3D,4D,5D,6D;. The molecule has 0 aliphatic rings. The van der Waals surface area contributed by atoms with E-state index < -0.39 is 45.3 Å². The summed E-state index contributed by atoms with van der Waals surface area (Å²) in [5.74, 6) is 0. The molecule has 14 heavy (non-hydrogen) atoms. The minimum atomic E-state index is -10.7. The number of nitrogens with zero attached hydrogens (tertiary/aromatic N) is 1. The summed E-state index contributed by atoms with van der Waals surface area (Å²) in [7, 11) is -10.7. The van der Waals surface area contributed by atoms with Crippen molar-refractivity contribution >= 4 is 7.81 Å². The Bertz CT molecular complexity index is 555. The van der Waals surface area contributed by atoms with Gasteiger partial charge in [-0.25, -0.2) is 4.57 Å². The van der Waals surface area contributed by atoms with Gasteiger partial charge in [-0.1, -0.05) is 6.04 Å². The molecule has 0 N–H and O–H groups in total. The van der Waals surface area contributed by atoms with E-state index in [1.54, 1.807) is 0 Å². The van der Waals surface area contributed by atoms with Crippen LogP contribution in [0, 0.1) is 0 Å². The maximum absolute atomic E-state index is 10.7. The fourth-order valence-corrected chi connectivity index (χ4v) is 0.227. The van der Waals surface area contributed by atoms with E-state index in [2.05, 4.69) is 0 Å². The van der Waals surface area contributed by atoms with Crippen molar-refractivity contribution in [2.75, 3.05) is 0 Å². The minimum Gasteiger partial charge on any atom is -0.208 e. The molecule has 1 nitrogen and oxygen atoms in total. The second-order valence-electron chi connectivity index (χ2n) is 1.89. The SMILES string of the molecule is F[P-](F)(F)(F)(F)F.[2H]c1c([2H])c([2H])[n+](C([2H])([2H])[2H])c([2H])c1[2H].